The van der Waals surface area contributed by atoms with Gasteiger partial charge in [0, 0.05) is 55.3 Å². The molecule has 168 valence electrons. The highest BCUT2D eigenvalue weighted by Crippen LogP contribution is 2.17. The highest BCUT2D eigenvalue weighted by molar-refractivity contribution is 7.89. The monoisotopic (exact) mass is 473 g/mol. The topological polar surface area (TPSA) is 69.7 Å². The molecule has 1 N–H and O–H groups in total. The number of benzene rings is 2. The Kier molecular flexibility index (Phi) is 7.00. The van der Waals surface area contributed by atoms with E-state index in [4.69, 9.17) is 0 Å². The largest absolute Gasteiger partial charge is 0.336 e. The Hall–Kier alpha value is -2.59. The second kappa shape index (κ2) is 9.91. The molecule has 1 saturated heterocycles. The number of carbonyl (C=O) groups is 1. The number of carbonyl (C=O) groups excluding carboxylic acids is 1. The van der Waals surface area contributed by atoms with Crippen molar-refractivity contribution < 1.29 is 17.6 Å². The minimum atomic E-state index is -3.73. The maximum Gasteiger partial charge on any atom is 0.253 e. The van der Waals surface area contributed by atoms with Gasteiger partial charge in [-0.1, -0.05) is 30.3 Å². The molecule has 0 saturated carbocycles. The maximum absolute atomic E-state index is 13.9. The van der Waals surface area contributed by atoms with Crippen LogP contribution in [0.25, 0.3) is 0 Å². The van der Waals surface area contributed by atoms with Gasteiger partial charge in [0.2, 0.25) is 10.0 Å². The Balaban J connectivity index is 1.37. The number of hydrogen-bond donors (Lipinski definition) is 1. The van der Waals surface area contributed by atoms with E-state index in [1.807, 2.05) is 23.6 Å². The zero-order valence-electron chi connectivity index (χ0n) is 17.4. The van der Waals surface area contributed by atoms with E-state index < -0.39 is 10.0 Å². The van der Waals surface area contributed by atoms with Crippen molar-refractivity contribution in [1.29, 1.82) is 0 Å². The predicted octanol–water partition coefficient (Wildman–Crippen LogP) is 3.32. The summed E-state index contributed by atoms with van der Waals surface area (Å²) in [6.07, 6.45) is 0. The number of amides is 1. The van der Waals surface area contributed by atoms with Crippen LogP contribution in [-0.4, -0.2) is 50.3 Å². The van der Waals surface area contributed by atoms with Crippen LogP contribution in [0.3, 0.4) is 0 Å². The molecule has 0 radical (unpaired) electrons. The Bertz CT molecular complexity index is 1170. The van der Waals surface area contributed by atoms with Crippen molar-refractivity contribution in [2.45, 2.75) is 18.0 Å². The van der Waals surface area contributed by atoms with Crippen molar-refractivity contribution >= 4 is 27.3 Å². The van der Waals surface area contributed by atoms with Gasteiger partial charge in [0.25, 0.3) is 5.91 Å². The molecule has 9 heteroatoms. The molecule has 1 aliphatic rings. The first-order valence-electron chi connectivity index (χ1n) is 10.3. The molecular weight excluding hydrogens is 449 g/mol. The van der Waals surface area contributed by atoms with Crippen LogP contribution in [0.1, 0.15) is 20.8 Å². The molecule has 0 spiro atoms. The summed E-state index contributed by atoms with van der Waals surface area (Å²) >= 11 is 1.47. The van der Waals surface area contributed by atoms with Crippen LogP contribution in [0.5, 0.6) is 0 Å². The van der Waals surface area contributed by atoms with Crippen molar-refractivity contribution in [3.05, 3.63) is 87.9 Å². The summed E-state index contributed by atoms with van der Waals surface area (Å²) in [6.45, 7) is 2.96. The fraction of sp³-hybridized carbons (Fsp3) is 0.261. The van der Waals surface area contributed by atoms with Gasteiger partial charge in [0.15, 0.2) is 0 Å². The number of rotatable bonds is 7. The van der Waals surface area contributed by atoms with Crippen LogP contribution in [0, 0.1) is 5.82 Å². The van der Waals surface area contributed by atoms with Gasteiger partial charge in [-0.3, -0.25) is 9.69 Å². The lowest BCUT2D eigenvalue weighted by atomic mass is 10.1. The number of hydrogen-bond acceptors (Lipinski definition) is 5. The first-order valence-corrected chi connectivity index (χ1v) is 12.7. The summed E-state index contributed by atoms with van der Waals surface area (Å²) in [7, 11) is -3.73. The Labute approximate surface area is 191 Å². The van der Waals surface area contributed by atoms with Gasteiger partial charge in [0.1, 0.15) is 5.82 Å². The maximum atomic E-state index is 13.9. The number of thiophene rings is 1. The molecule has 32 heavy (non-hydrogen) atoms. The van der Waals surface area contributed by atoms with Gasteiger partial charge in [-0.05, 0) is 35.7 Å². The van der Waals surface area contributed by atoms with E-state index >= 15 is 0 Å². The van der Waals surface area contributed by atoms with Crippen molar-refractivity contribution in [1.82, 2.24) is 14.5 Å². The number of nitrogens with zero attached hydrogens (tertiary/aromatic N) is 2. The van der Waals surface area contributed by atoms with Crippen molar-refractivity contribution in [2.75, 3.05) is 26.2 Å². The normalized spacial score (nSPS) is 15.1. The molecule has 1 aliphatic heterocycles. The lowest BCUT2D eigenvalue weighted by Crippen LogP contribution is -2.48. The third-order valence-electron chi connectivity index (χ3n) is 5.42. The number of sulfonamides is 1. The van der Waals surface area contributed by atoms with E-state index in [-0.39, 0.29) is 23.2 Å². The fourth-order valence-electron chi connectivity index (χ4n) is 3.62. The van der Waals surface area contributed by atoms with Crippen molar-refractivity contribution in [3.8, 4) is 0 Å². The molecule has 2 heterocycles. The van der Waals surface area contributed by atoms with Crippen molar-refractivity contribution in [2.24, 2.45) is 0 Å². The first-order chi connectivity index (χ1) is 15.4. The first kappa shape index (κ1) is 22.6. The molecule has 0 atom stereocenters. The average molecular weight is 474 g/mol. The minimum Gasteiger partial charge on any atom is -0.336 e. The molecule has 0 bridgehead atoms. The average Bonchev–Trinajstić information content (AvgIpc) is 3.33. The van der Waals surface area contributed by atoms with E-state index in [0.29, 0.717) is 43.9 Å². The van der Waals surface area contributed by atoms with Gasteiger partial charge in [0.05, 0.1) is 4.90 Å². The van der Waals surface area contributed by atoms with Crippen LogP contribution < -0.4 is 4.72 Å². The zero-order valence-corrected chi connectivity index (χ0v) is 19.0. The molecule has 0 unspecified atom stereocenters. The van der Waals surface area contributed by atoms with E-state index in [9.17, 15) is 17.6 Å². The molecule has 4 rings (SSSR count). The molecule has 2 aromatic carbocycles. The third kappa shape index (κ3) is 5.42. The van der Waals surface area contributed by atoms with Gasteiger partial charge >= 0.3 is 0 Å². The Morgan fingerprint density at radius 2 is 1.78 bits per heavy atom. The third-order valence-corrected chi connectivity index (χ3v) is 7.69. The molecule has 1 aromatic heterocycles. The predicted molar refractivity (Wildman–Crippen MR) is 122 cm³/mol. The van der Waals surface area contributed by atoms with Gasteiger partial charge in [-0.2, -0.15) is 0 Å². The van der Waals surface area contributed by atoms with Gasteiger partial charge < -0.3 is 4.90 Å². The molecular formula is C23H24FN3O3S2. The van der Waals surface area contributed by atoms with Crippen LogP contribution in [0.15, 0.2) is 70.9 Å². The highest BCUT2D eigenvalue weighted by atomic mass is 32.2. The fourth-order valence-corrected chi connectivity index (χ4v) is 5.41. The second-order valence-corrected chi connectivity index (χ2v) is 10.4. The van der Waals surface area contributed by atoms with Crippen LogP contribution in [0.2, 0.25) is 0 Å². The smallest absolute Gasteiger partial charge is 0.253 e. The molecule has 6 nitrogen and oxygen atoms in total. The van der Waals surface area contributed by atoms with E-state index in [1.165, 1.54) is 29.5 Å². The molecule has 1 fully saturated rings. The summed E-state index contributed by atoms with van der Waals surface area (Å²) in [4.78, 5) is 17.8. The van der Waals surface area contributed by atoms with E-state index in [0.717, 1.165) is 4.88 Å². The standard InChI is InChI=1S/C23H24FN3O3S2/c24-22-9-2-1-5-19(22)17-26-10-12-27(13-11-26)23(28)18-6-3-8-21(15-18)32(29,30)25-16-20-7-4-14-31-20/h1-9,14-15,25H,10-13,16-17H2. The van der Waals surface area contributed by atoms with Gasteiger partial charge in [-0.25, -0.2) is 17.5 Å². The summed E-state index contributed by atoms with van der Waals surface area (Å²) in [6, 6.07) is 16.5. The molecule has 1 amide bonds. The number of halogens is 1. The molecule has 0 aliphatic carbocycles. The Morgan fingerprint density at radius 1 is 1.00 bits per heavy atom. The Morgan fingerprint density at radius 3 is 2.50 bits per heavy atom. The molecule has 3 aromatic rings. The van der Waals surface area contributed by atoms with Crippen molar-refractivity contribution in [3.63, 3.8) is 0 Å². The van der Waals surface area contributed by atoms with Gasteiger partial charge in [-0.15, -0.1) is 11.3 Å². The lowest BCUT2D eigenvalue weighted by Gasteiger charge is -2.34. The second-order valence-electron chi connectivity index (χ2n) is 7.59. The SMILES string of the molecule is O=C(c1cccc(S(=O)(=O)NCc2cccs2)c1)N1CCN(Cc2ccccc2F)CC1. The lowest BCUT2D eigenvalue weighted by molar-refractivity contribution is 0.0627. The summed E-state index contributed by atoms with van der Waals surface area (Å²) in [5.41, 5.74) is 0.979. The van der Waals surface area contributed by atoms with Crippen LogP contribution in [-0.2, 0) is 23.1 Å². The summed E-state index contributed by atoms with van der Waals surface area (Å²) < 4.78 is 41.8. The van der Waals surface area contributed by atoms with E-state index in [1.54, 1.807) is 29.2 Å². The minimum absolute atomic E-state index is 0.0677. The summed E-state index contributed by atoms with van der Waals surface area (Å²) in [5, 5.41) is 1.89. The van der Waals surface area contributed by atoms with Crippen LogP contribution in [0.4, 0.5) is 4.39 Å². The van der Waals surface area contributed by atoms with Crippen LogP contribution >= 0.6 is 11.3 Å². The van der Waals surface area contributed by atoms with E-state index in [2.05, 4.69) is 9.62 Å². The summed E-state index contributed by atoms with van der Waals surface area (Å²) in [5.74, 6) is -0.428. The zero-order chi connectivity index (χ0) is 22.6. The highest BCUT2D eigenvalue weighted by Gasteiger charge is 2.24. The number of nitrogens with one attached hydrogen (secondary N) is 1. The quantitative estimate of drug-likeness (QED) is 0.572. The number of piperazine rings is 1.